The third kappa shape index (κ3) is 6.80. The monoisotopic (exact) mass is 589 g/mol. The summed E-state index contributed by atoms with van der Waals surface area (Å²) in [5.41, 5.74) is 2.49. The van der Waals surface area contributed by atoms with Crippen molar-refractivity contribution < 1.29 is 18.7 Å². The molecule has 2 N–H and O–H groups in total. The third-order valence-electron chi connectivity index (χ3n) is 7.17. The maximum Gasteiger partial charge on any atom is 0.248 e. The van der Waals surface area contributed by atoms with Crippen LogP contribution in [0.2, 0.25) is 5.02 Å². The fraction of sp³-hybridized carbons (Fsp3) is 0.281. The Hall–Kier alpha value is -4.21. The molecule has 8 nitrogen and oxygen atoms in total. The first-order chi connectivity index (χ1) is 20.3. The van der Waals surface area contributed by atoms with Gasteiger partial charge in [-0.05, 0) is 81.3 Å². The minimum Gasteiger partial charge on any atom is -0.494 e. The highest BCUT2D eigenvalue weighted by Crippen LogP contribution is 2.38. The number of likely N-dealkylation sites (tertiary alicyclic amines) is 1. The molecule has 1 fully saturated rings. The summed E-state index contributed by atoms with van der Waals surface area (Å²) in [6.45, 7) is 5.56. The van der Waals surface area contributed by atoms with Crippen LogP contribution in [0.1, 0.15) is 32.3 Å². The molecule has 0 aliphatic carbocycles. The zero-order chi connectivity index (χ0) is 29.6. The number of nitrogens with one attached hydrogen (secondary N) is 2. The minimum atomic E-state index is -0.324. The number of methoxy groups -OCH3 is 1. The van der Waals surface area contributed by atoms with Gasteiger partial charge in [0.2, 0.25) is 5.91 Å². The molecule has 0 bridgehead atoms. The van der Waals surface area contributed by atoms with Crippen molar-refractivity contribution >= 4 is 45.6 Å². The Labute approximate surface area is 249 Å². The lowest BCUT2D eigenvalue weighted by molar-refractivity contribution is -0.112. The highest BCUT2D eigenvalue weighted by Gasteiger charge is 2.24. The van der Waals surface area contributed by atoms with Gasteiger partial charge in [0.25, 0.3) is 0 Å². The van der Waals surface area contributed by atoms with Crippen molar-refractivity contribution in [1.29, 1.82) is 0 Å². The van der Waals surface area contributed by atoms with Gasteiger partial charge in [-0.25, -0.2) is 14.4 Å². The zero-order valence-corrected chi connectivity index (χ0v) is 24.5. The second-order valence-corrected chi connectivity index (χ2v) is 10.7. The molecule has 4 aromatic rings. The molecule has 0 spiro atoms. The Morgan fingerprint density at radius 2 is 2.05 bits per heavy atom. The lowest BCUT2D eigenvalue weighted by Crippen LogP contribution is -2.34. The second kappa shape index (κ2) is 13.2. The molecule has 1 amide bonds. The van der Waals surface area contributed by atoms with E-state index in [1.165, 1.54) is 25.6 Å². The second-order valence-electron chi connectivity index (χ2n) is 10.3. The van der Waals surface area contributed by atoms with E-state index in [1.54, 1.807) is 48.5 Å². The van der Waals surface area contributed by atoms with Crippen molar-refractivity contribution in [1.82, 2.24) is 14.9 Å². The standard InChI is InChI=1S/C32H33ClFN5O3/c1-20(2)39-15-5-8-24(39)10-14-29(40)38-27-12-11-26-30(31(27)41-3)32(36-19-35-26)37-23-9-13-28(25(33)17-23)42-18-21-6-4-7-22(34)16-21/h4,6-7,9-14,16-17,19-20,24H,5,8,15,18H2,1-3H3,(H,38,40)(H,35,36,37)/b14-10+. The van der Waals surface area contributed by atoms with E-state index in [1.807, 2.05) is 6.08 Å². The minimum absolute atomic E-state index is 0.179. The van der Waals surface area contributed by atoms with Gasteiger partial charge < -0.3 is 20.1 Å². The average Bonchev–Trinajstić information content (AvgIpc) is 3.45. The van der Waals surface area contributed by atoms with Gasteiger partial charge in [0.05, 0.1) is 28.7 Å². The van der Waals surface area contributed by atoms with E-state index >= 15 is 0 Å². The van der Waals surface area contributed by atoms with Crippen LogP contribution in [0.5, 0.6) is 11.5 Å². The van der Waals surface area contributed by atoms with Gasteiger partial charge in [-0.2, -0.15) is 0 Å². The number of rotatable bonds is 10. The largest absolute Gasteiger partial charge is 0.494 e. The molecule has 1 atom stereocenters. The number of fused-ring (bicyclic) bond motifs is 1. The molecular weight excluding hydrogens is 557 g/mol. The van der Waals surface area contributed by atoms with E-state index in [9.17, 15) is 9.18 Å². The Morgan fingerprint density at radius 3 is 2.81 bits per heavy atom. The van der Waals surface area contributed by atoms with Crippen LogP contribution in [0.3, 0.4) is 0 Å². The van der Waals surface area contributed by atoms with Gasteiger partial charge in [0.15, 0.2) is 5.75 Å². The van der Waals surface area contributed by atoms with Crippen molar-refractivity contribution in [3.05, 3.63) is 89.5 Å². The van der Waals surface area contributed by atoms with Crippen LogP contribution in [0.4, 0.5) is 21.6 Å². The molecule has 3 aromatic carbocycles. The van der Waals surface area contributed by atoms with Gasteiger partial charge >= 0.3 is 0 Å². The van der Waals surface area contributed by atoms with Crippen LogP contribution in [-0.4, -0.2) is 46.5 Å². The molecule has 1 aromatic heterocycles. The van der Waals surface area contributed by atoms with Crippen LogP contribution in [0.15, 0.2) is 73.1 Å². The van der Waals surface area contributed by atoms with Crippen molar-refractivity contribution in [2.24, 2.45) is 0 Å². The Kier molecular flexibility index (Phi) is 9.19. The van der Waals surface area contributed by atoms with E-state index < -0.39 is 0 Å². The van der Waals surface area contributed by atoms with Crippen molar-refractivity contribution in [3.63, 3.8) is 0 Å². The molecule has 5 rings (SSSR count). The highest BCUT2D eigenvalue weighted by atomic mass is 35.5. The number of nitrogens with zero attached hydrogens (tertiary/aromatic N) is 3. The Morgan fingerprint density at radius 1 is 1.19 bits per heavy atom. The summed E-state index contributed by atoms with van der Waals surface area (Å²) in [6, 6.07) is 15.7. The molecular formula is C32H33ClFN5O3. The number of hydrogen-bond donors (Lipinski definition) is 2. The summed E-state index contributed by atoms with van der Waals surface area (Å²) in [5, 5.41) is 7.20. The van der Waals surface area contributed by atoms with Gasteiger partial charge in [-0.1, -0.05) is 29.8 Å². The van der Waals surface area contributed by atoms with Crippen LogP contribution in [0, 0.1) is 5.82 Å². The molecule has 1 unspecified atom stereocenters. The molecule has 2 heterocycles. The van der Waals surface area contributed by atoms with Crippen LogP contribution in [0.25, 0.3) is 10.9 Å². The summed E-state index contributed by atoms with van der Waals surface area (Å²) in [4.78, 5) is 24.1. The number of anilines is 3. The van der Waals surface area contributed by atoms with Gasteiger partial charge in [-0.3, -0.25) is 9.69 Å². The fourth-order valence-corrected chi connectivity index (χ4v) is 5.42. The van der Waals surface area contributed by atoms with E-state index in [0.717, 1.165) is 19.4 Å². The lowest BCUT2D eigenvalue weighted by atomic mass is 10.1. The van der Waals surface area contributed by atoms with Crippen molar-refractivity contribution in [2.45, 2.75) is 45.4 Å². The predicted octanol–water partition coefficient (Wildman–Crippen LogP) is 7.12. The smallest absolute Gasteiger partial charge is 0.248 e. The van der Waals surface area contributed by atoms with Crippen LogP contribution in [-0.2, 0) is 11.4 Å². The first kappa shape index (κ1) is 29.3. The molecule has 0 radical (unpaired) electrons. The fourth-order valence-electron chi connectivity index (χ4n) is 5.18. The summed E-state index contributed by atoms with van der Waals surface area (Å²) in [5.74, 6) is 0.809. The molecule has 10 heteroatoms. The molecule has 218 valence electrons. The highest BCUT2D eigenvalue weighted by molar-refractivity contribution is 6.32. The van der Waals surface area contributed by atoms with E-state index in [-0.39, 0.29) is 24.4 Å². The number of carbonyl (C=O) groups excluding carboxylic acids is 1. The zero-order valence-electron chi connectivity index (χ0n) is 23.7. The Bertz CT molecular complexity index is 1610. The number of carbonyl (C=O) groups is 1. The van der Waals surface area contributed by atoms with Crippen molar-refractivity contribution in [2.75, 3.05) is 24.3 Å². The van der Waals surface area contributed by atoms with Crippen molar-refractivity contribution in [3.8, 4) is 11.5 Å². The van der Waals surface area contributed by atoms with Gasteiger partial charge in [0, 0.05) is 23.8 Å². The number of halogens is 2. The normalized spacial score (nSPS) is 15.4. The molecule has 1 saturated heterocycles. The maximum absolute atomic E-state index is 13.5. The first-order valence-corrected chi connectivity index (χ1v) is 14.2. The molecule has 1 aliphatic rings. The maximum atomic E-state index is 13.5. The van der Waals surface area contributed by atoms with E-state index in [0.29, 0.717) is 56.2 Å². The summed E-state index contributed by atoms with van der Waals surface area (Å²) in [7, 11) is 1.54. The first-order valence-electron chi connectivity index (χ1n) is 13.8. The summed E-state index contributed by atoms with van der Waals surface area (Å²) >= 11 is 6.50. The number of aromatic nitrogens is 2. The lowest BCUT2D eigenvalue weighted by Gasteiger charge is -2.25. The SMILES string of the molecule is COc1c(NC(=O)/C=C/C2CCCN2C(C)C)ccc2ncnc(Nc3ccc(OCc4cccc(F)c4)c(Cl)c3)c12. The number of ether oxygens (including phenoxy) is 2. The van der Waals surface area contributed by atoms with Crippen LogP contribution < -0.4 is 20.1 Å². The van der Waals surface area contributed by atoms with E-state index in [4.69, 9.17) is 21.1 Å². The van der Waals surface area contributed by atoms with Gasteiger partial charge in [-0.15, -0.1) is 0 Å². The molecule has 1 aliphatic heterocycles. The van der Waals surface area contributed by atoms with Gasteiger partial charge in [0.1, 0.15) is 30.3 Å². The number of amides is 1. The average molecular weight is 590 g/mol. The topological polar surface area (TPSA) is 88.6 Å². The summed E-state index contributed by atoms with van der Waals surface area (Å²) in [6.07, 6.45) is 7.18. The number of hydrogen-bond acceptors (Lipinski definition) is 7. The molecule has 42 heavy (non-hydrogen) atoms. The number of benzene rings is 3. The summed E-state index contributed by atoms with van der Waals surface area (Å²) < 4.78 is 25.0. The Balaban J connectivity index is 1.34. The molecule has 0 saturated carbocycles. The third-order valence-corrected chi connectivity index (χ3v) is 7.47. The predicted molar refractivity (Wildman–Crippen MR) is 164 cm³/mol. The van der Waals surface area contributed by atoms with E-state index in [2.05, 4.69) is 39.3 Å². The quantitative estimate of drug-likeness (QED) is 0.190. The van der Waals surface area contributed by atoms with Crippen LogP contribution >= 0.6 is 11.6 Å².